The lowest BCUT2D eigenvalue weighted by Gasteiger charge is -1.93. The van der Waals surface area contributed by atoms with Gasteiger partial charge in [-0.2, -0.15) is 0 Å². The Morgan fingerprint density at radius 1 is 1.07 bits per heavy atom. The molecule has 0 spiro atoms. The van der Waals surface area contributed by atoms with Crippen LogP contribution in [0.1, 0.15) is 0 Å². The number of furan rings is 1. The summed E-state index contributed by atoms with van der Waals surface area (Å²) < 4.78 is 7.15. The number of aromatic nitrogens is 3. The predicted octanol–water partition coefficient (Wildman–Crippen LogP) is 1.99. The van der Waals surface area contributed by atoms with E-state index in [4.69, 9.17) is 4.42 Å². The largest absolute Gasteiger partial charge is 0.461 e. The van der Waals surface area contributed by atoms with E-state index in [9.17, 15) is 0 Å². The molecule has 0 radical (unpaired) electrons. The molecule has 14 heavy (non-hydrogen) atoms. The zero-order valence-electron chi connectivity index (χ0n) is 7.29. The van der Waals surface area contributed by atoms with E-state index in [2.05, 4.69) is 10.2 Å². The summed E-state index contributed by atoms with van der Waals surface area (Å²) in [6, 6.07) is 9.46. The third kappa shape index (κ3) is 0.939. The third-order valence-corrected chi connectivity index (χ3v) is 2.06. The van der Waals surface area contributed by atoms with E-state index in [1.807, 2.05) is 40.9 Å². The van der Waals surface area contributed by atoms with Crippen LogP contribution < -0.4 is 0 Å². The number of hydrogen-bond donors (Lipinski definition) is 0. The van der Waals surface area contributed by atoms with Gasteiger partial charge < -0.3 is 4.42 Å². The van der Waals surface area contributed by atoms with E-state index in [1.54, 1.807) is 6.26 Å². The third-order valence-electron chi connectivity index (χ3n) is 2.06. The number of hydrogen-bond acceptors (Lipinski definition) is 3. The van der Waals surface area contributed by atoms with E-state index < -0.39 is 0 Å². The maximum Gasteiger partial charge on any atom is 0.204 e. The molecule has 0 N–H and O–H groups in total. The minimum atomic E-state index is 0.726. The fourth-order valence-electron chi connectivity index (χ4n) is 1.42. The Bertz CT molecular complexity index is 554. The van der Waals surface area contributed by atoms with Gasteiger partial charge in [0.15, 0.2) is 11.4 Å². The second kappa shape index (κ2) is 2.70. The lowest BCUT2D eigenvalue weighted by molar-refractivity contribution is 0.576. The van der Waals surface area contributed by atoms with Crippen molar-refractivity contribution in [1.82, 2.24) is 14.6 Å². The van der Waals surface area contributed by atoms with E-state index in [-0.39, 0.29) is 0 Å². The van der Waals surface area contributed by atoms with Gasteiger partial charge in [-0.1, -0.05) is 6.07 Å². The molecule has 4 heteroatoms. The summed E-state index contributed by atoms with van der Waals surface area (Å²) in [4.78, 5) is 0. The Morgan fingerprint density at radius 3 is 2.93 bits per heavy atom. The van der Waals surface area contributed by atoms with Crippen LogP contribution in [0, 0.1) is 0 Å². The second-order valence-corrected chi connectivity index (χ2v) is 2.93. The van der Waals surface area contributed by atoms with Crippen LogP contribution in [0.5, 0.6) is 0 Å². The molecule has 0 aliphatic heterocycles. The summed E-state index contributed by atoms with van der Waals surface area (Å²) in [5.74, 6) is 1.45. The van der Waals surface area contributed by atoms with Crippen molar-refractivity contribution in [3.63, 3.8) is 0 Å². The highest BCUT2D eigenvalue weighted by Gasteiger charge is 2.08. The van der Waals surface area contributed by atoms with Crippen LogP contribution in [-0.4, -0.2) is 14.6 Å². The summed E-state index contributed by atoms with van der Waals surface area (Å²) in [5, 5.41) is 8.08. The molecular weight excluding hydrogens is 178 g/mol. The molecule has 0 saturated heterocycles. The molecule has 0 fully saturated rings. The first kappa shape index (κ1) is 7.32. The fourth-order valence-corrected chi connectivity index (χ4v) is 1.42. The Kier molecular flexibility index (Phi) is 1.41. The molecule has 0 atom stereocenters. The fraction of sp³-hybridized carbons (Fsp3) is 0. The van der Waals surface area contributed by atoms with Crippen molar-refractivity contribution < 1.29 is 4.42 Å². The van der Waals surface area contributed by atoms with Crippen LogP contribution >= 0.6 is 0 Å². The monoisotopic (exact) mass is 185 g/mol. The molecule has 3 heterocycles. The van der Waals surface area contributed by atoms with Gasteiger partial charge >= 0.3 is 0 Å². The van der Waals surface area contributed by atoms with Crippen LogP contribution in [0.3, 0.4) is 0 Å². The van der Waals surface area contributed by atoms with Crippen molar-refractivity contribution in [3.05, 3.63) is 42.8 Å². The Hall–Kier alpha value is -2.10. The molecule has 0 unspecified atom stereocenters. The molecule has 0 bridgehead atoms. The molecule has 0 saturated carbocycles. The molecule has 3 rings (SSSR count). The first-order chi connectivity index (χ1) is 6.95. The molecule has 3 aromatic rings. The summed E-state index contributed by atoms with van der Waals surface area (Å²) in [5.41, 5.74) is 0.818. The second-order valence-electron chi connectivity index (χ2n) is 2.93. The van der Waals surface area contributed by atoms with E-state index >= 15 is 0 Å². The number of pyridine rings is 1. The Labute approximate surface area is 79.8 Å². The smallest absolute Gasteiger partial charge is 0.204 e. The summed E-state index contributed by atoms with van der Waals surface area (Å²) in [7, 11) is 0. The van der Waals surface area contributed by atoms with Crippen molar-refractivity contribution in [2.24, 2.45) is 0 Å². The molecule has 0 amide bonds. The van der Waals surface area contributed by atoms with Crippen molar-refractivity contribution in [1.29, 1.82) is 0 Å². The topological polar surface area (TPSA) is 43.3 Å². The Balaban J connectivity index is 2.33. The SMILES string of the molecule is c1coc(-c2nnc3ccccn23)c1. The highest BCUT2D eigenvalue weighted by Crippen LogP contribution is 2.17. The van der Waals surface area contributed by atoms with Crippen LogP contribution in [0.2, 0.25) is 0 Å². The van der Waals surface area contributed by atoms with Crippen LogP contribution in [0.4, 0.5) is 0 Å². The normalized spacial score (nSPS) is 10.9. The van der Waals surface area contributed by atoms with Crippen molar-refractivity contribution >= 4 is 5.65 Å². The van der Waals surface area contributed by atoms with Gasteiger partial charge in [0, 0.05) is 6.20 Å². The molecule has 0 aromatic carbocycles. The van der Waals surface area contributed by atoms with Crippen LogP contribution in [0.15, 0.2) is 47.2 Å². The highest BCUT2D eigenvalue weighted by atomic mass is 16.3. The molecule has 0 aliphatic rings. The predicted molar refractivity (Wildman–Crippen MR) is 50.7 cm³/mol. The number of nitrogens with zero attached hydrogens (tertiary/aromatic N) is 3. The number of rotatable bonds is 1. The summed E-state index contributed by atoms with van der Waals surface area (Å²) in [6.45, 7) is 0. The van der Waals surface area contributed by atoms with Gasteiger partial charge in [0.1, 0.15) is 0 Å². The standard InChI is InChI=1S/C10H7N3O/c1-2-6-13-9(5-1)11-12-10(13)8-4-3-7-14-8/h1-7H. The number of fused-ring (bicyclic) bond motifs is 1. The van der Waals surface area contributed by atoms with Gasteiger partial charge in [-0.15, -0.1) is 10.2 Å². The summed E-state index contributed by atoms with van der Waals surface area (Å²) in [6.07, 6.45) is 3.53. The van der Waals surface area contributed by atoms with Crippen LogP contribution in [-0.2, 0) is 0 Å². The zero-order valence-corrected chi connectivity index (χ0v) is 7.29. The van der Waals surface area contributed by atoms with Crippen molar-refractivity contribution in [2.45, 2.75) is 0 Å². The van der Waals surface area contributed by atoms with Gasteiger partial charge in [0.2, 0.25) is 5.82 Å². The lowest BCUT2D eigenvalue weighted by atomic mass is 10.4. The first-order valence-electron chi connectivity index (χ1n) is 4.29. The molecule has 4 nitrogen and oxygen atoms in total. The quantitative estimate of drug-likeness (QED) is 0.582. The highest BCUT2D eigenvalue weighted by molar-refractivity contribution is 5.53. The minimum absolute atomic E-state index is 0.726. The van der Waals surface area contributed by atoms with Crippen molar-refractivity contribution in [2.75, 3.05) is 0 Å². The van der Waals surface area contributed by atoms with Gasteiger partial charge in [0.25, 0.3) is 0 Å². The average Bonchev–Trinajstić information content (AvgIpc) is 2.85. The average molecular weight is 185 g/mol. The molecule has 3 aromatic heterocycles. The molecule has 68 valence electrons. The first-order valence-corrected chi connectivity index (χ1v) is 4.29. The van der Waals surface area contributed by atoms with Crippen LogP contribution in [0.25, 0.3) is 17.2 Å². The lowest BCUT2D eigenvalue weighted by Crippen LogP contribution is -1.85. The van der Waals surface area contributed by atoms with Crippen molar-refractivity contribution in [3.8, 4) is 11.6 Å². The van der Waals surface area contributed by atoms with E-state index in [0.717, 1.165) is 17.2 Å². The molecule has 0 aliphatic carbocycles. The van der Waals surface area contributed by atoms with Gasteiger partial charge in [-0.05, 0) is 24.3 Å². The maximum absolute atomic E-state index is 5.26. The van der Waals surface area contributed by atoms with E-state index in [1.165, 1.54) is 0 Å². The Morgan fingerprint density at radius 2 is 2.07 bits per heavy atom. The van der Waals surface area contributed by atoms with Gasteiger partial charge in [0.05, 0.1) is 6.26 Å². The maximum atomic E-state index is 5.26. The molecular formula is C10H7N3O. The zero-order chi connectivity index (χ0) is 9.38. The summed E-state index contributed by atoms with van der Waals surface area (Å²) >= 11 is 0. The van der Waals surface area contributed by atoms with Gasteiger partial charge in [-0.25, -0.2) is 0 Å². The van der Waals surface area contributed by atoms with E-state index in [0.29, 0.717) is 0 Å². The minimum Gasteiger partial charge on any atom is -0.461 e. The van der Waals surface area contributed by atoms with Gasteiger partial charge in [-0.3, -0.25) is 4.40 Å².